The Morgan fingerprint density at radius 3 is 2.43 bits per heavy atom. The van der Waals surface area contributed by atoms with Gasteiger partial charge in [0.15, 0.2) is 0 Å². The number of benzene rings is 2. The van der Waals surface area contributed by atoms with E-state index in [9.17, 15) is 4.79 Å². The molecule has 1 amide bonds. The molecule has 198 valence electrons. The van der Waals surface area contributed by atoms with E-state index in [1.54, 1.807) is 0 Å². The summed E-state index contributed by atoms with van der Waals surface area (Å²) in [6.45, 7) is 11.9. The molecule has 2 aromatic rings. The first kappa shape index (κ1) is 26.5. The number of aryl methyl sites for hydroxylation is 1. The Morgan fingerprint density at radius 1 is 1.00 bits per heavy atom. The Labute approximate surface area is 223 Å². The minimum atomic E-state index is -0.458. The fourth-order valence-corrected chi connectivity index (χ4v) is 7.15. The minimum absolute atomic E-state index is 0.00142. The van der Waals surface area contributed by atoms with Crippen LogP contribution in [0.15, 0.2) is 54.6 Å². The van der Waals surface area contributed by atoms with Gasteiger partial charge in [0.1, 0.15) is 0 Å². The summed E-state index contributed by atoms with van der Waals surface area (Å²) in [5.74, 6) is 0.918. The number of hydrogen-bond acceptors (Lipinski definition) is 4. The molecule has 3 aliphatic carbocycles. The summed E-state index contributed by atoms with van der Waals surface area (Å²) in [7, 11) is -0.458. The molecular formula is C31H43BN2O3. The average molecular weight is 503 g/mol. The highest BCUT2D eigenvalue weighted by Gasteiger charge is 2.68. The molecule has 0 aromatic heterocycles. The number of rotatable bonds is 10. The fourth-order valence-electron chi connectivity index (χ4n) is 7.15. The topological polar surface area (TPSA) is 59.6 Å². The number of amides is 1. The summed E-state index contributed by atoms with van der Waals surface area (Å²) >= 11 is 0. The third kappa shape index (κ3) is 5.13. The standard InChI is InChI=1S/C31H43BN2O3/c1-6-21-14-11-15-23(16-21)17-25(33-7-2)29(35)34-28(18-22-12-9-8-10-13-22)32-36-27-20-24-19-26(30(24,3)4)31(27,5)37-32/h8-16,24-28,33H,6-7,17-20H2,1-5H3,(H,34,35)/t24-,25?,26-,27+,28-,31-/m0/s1. The highest BCUT2D eigenvalue weighted by molar-refractivity contribution is 6.48. The molecule has 2 aromatic carbocycles. The Morgan fingerprint density at radius 2 is 1.73 bits per heavy atom. The average Bonchev–Trinajstić information content (AvgIpc) is 3.26. The molecule has 6 rings (SSSR count). The highest BCUT2D eigenvalue weighted by atomic mass is 16.7. The number of nitrogens with one attached hydrogen (secondary N) is 2. The smallest absolute Gasteiger partial charge is 0.404 e. The third-order valence-electron chi connectivity index (χ3n) is 9.53. The predicted octanol–water partition coefficient (Wildman–Crippen LogP) is 4.76. The molecule has 2 bridgehead atoms. The van der Waals surface area contributed by atoms with E-state index >= 15 is 0 Å². The van der Waals surface area contributed by atoms with E-state index in [2.05, 4.69) is 74.7 Å². The maximum atomic E-state index is 13.7. The molecule has 1 unspecified atom stereocenters. The molecule has 0 spiro atoms. The normalized spacial score (nSPS) is 29.2. The van der Waals surface area contributed by atoms with Gasteiger partial charge in [0.25, 0.3) is 0 Å². The van der Waals surface area contributed by atoms with Crippen molar-refractivity contribution < 1.29 is 14.1 Å². The molecule has 1 heterocycles. The van der Waals surface area contributed by atoms with Crippen LogP contribution in [0, 0.1) is 17.3 Å². The van der Waals surface area contributed by atoms with Gasteiger partial charge in [0.2, 0.25) is 5.91 Å². The first-order valence-corrected chi connectivity index (χ1v) is 14.2. The van der Waals surface area contributed by atoms with Crippen LogP contribution in [0.5, 0.6) is 0 Å². The van der Waals surface area contributed by atoms with Gasteiger partial charge in [0, 0.05) is 0 Å². The Kier molecular flexibility index (Phi) is 7.55. The van der Waals surface area contributed by atoms with Crippen LogP contribution in [0.1, 0.15) is 64.2 Å². The minimum Gasteiger partial charge on any atom is -0.404 e. The first-order valence-electron chi connectivity index (χ1n) is 14.2. The zero-order chi connectivity index (χ0) is 26.2. The van der Waals surface area contributed by atoms with E-state index in [1.807, 2.05) is 25.1 Å². The van der Waals surface area contributed by atoms with Crippen molar-refractivity contribution in [3.63, 3.8) is 0 Å². The van der Waals surface area contributed by atoms with Gasteiger partial charge in [0.05, 0.1) is 23.7 Å². The second-order valence-corrected chi connectivity index (χ2v) is 12.1. The van der Waals surface area contributed by atoms with Crippen LogP contribution >= 0.6 is 0 Å². The zero-order valence-corrected chi connectivity index (χ0v) is 23.1. The van der Waals surface area contributed by atoms with E-state index in [4.69, 9.17) is 9.31 Å². The maximum Gasteiger partial charge on any atom is 0.482 e. The summed E-state index contributed by atoms with van der Waals surface area (Å²) in [6.07, 6.45) is 4.64. The van der Waals surface area contributed by atoms with Crippen LogP contribution in [-0.2, 0) is 33.4 Å². The summed E-state index contributed by atoms with van der Waals surface area (Å²) in [5, 5.41) is 6.78. The van der Waals surface area contributed by atoms with Crippen molar-refractivity contribution >= 4 is 13.0 Å². The van der Waals surface area contributed by atoms with Crippen molar-refractivity contribution in [1.82, 2.24) is 10.6 Å². The van der Waals surface area contributed by atoms with Crippen molar-refractivity contribution in [3.05, 3.63) is 71.3 Å². The second-order valence-electron chi connectivity index (χ2n) is 12.1. The molecule has 4 aliphatic rings. The molecule has 1 saturated heterocycles. The molecule has 5 nitrogen and oxygen atoms in total. The highest BCUT2D eigenvalue weighted by Crippen LogP contribution is 2.65. The van der Waals surface area contributed by atoms with Crippen molar-refractivity contribution in [3.8, 4) is 0 Å². The largest absolute Gasteiger partial charge is 0.482 e. The van der Waals surface area contributed by atoms with Crippen molar-refractivity contribution in [2.45, 2.75) is 90.4 Å². The Balaban J connectivity index is 1.35. The van der Waals surface area contributed by atoms with Gasteiger partial charge in [-0.3, -0.25) is 4.79 Å². The lowest BCUT2D eigenvalue weighted by atomic mass is 9.43. The molecule has 3 saturated carbocycles. The molecular weight excluding hydrogens is 459 g/mol. The van der Waals surface area contributed by atoms with E-state index in [1.165, 1.54) is 23.1 Å². The van der Waals surface area contributed by atoms with Gasteiger partial charge >= 0.3 is 7.12 Å². The van der Waals surface area contributed by atoms with E-state index in [0.717, 1.165) is 19.4 Å². The SMILES string of the molecule is CCNC(Cc1cccc(CC)c1)C(=O)N[C@@H](Cc1ccccc1)B1O[C@@H]2C[C@@H]3C[C@@H](C3(C)C)[C@]2(C)O1. The Bertz CT molecular complexity index is 1090. The van der Waals surface area contributed by atoms with Crippen LogP contribution in [0.3, 0.4) is 0 Å². The van der Waals surface area contributed by atoms with Crippen molar-refractivity contribution in [2.24, 2.45) is 17.3 Å². The van der Waals surface area contributed by atoms with Crippen LogP contribution in [0.25, 0.3) is 0 Å². The lowest BCUT2D eigenvalue weighted by molar-refractivity contribution is -0.199. The van der Waals surface area contributed by atoms with Gasteiger partial charge in [-0.05, 0) is 79.5 Å². The second kappa shape index (κ2) is 10.6. The summed E-state index contributed by atoms with van der Waals surface area (Å²) in [6, 6.07) is 18.6. The van der Waals surface area contributed by atoms with Gasteiger partial charge in [-0.15, -0.1) is 0 Å². The molecule has 6 heteroatoms. The van der Waals surface area contributed by atoms with Gasteiger partial charge in [-0.2, -0.15) is 0 Å². The molecule has 4 fully saturated rings. The van der Waals surface area contributed by atoms with E-state index in [0.29, 0.717) is 24.7 Å². The fraction of sp³-hybridized carbons (Fsp3) is 0.581. The van der Waals surface area contributed by atoms with Gasteiger partial charge in [-0.25, -0.2) is 0 Å². The van der Waals surface area contributed by atoms with Crippen molar-refractivity contribution in [1.29, 1.82) is 0 Å². The Hall–Kier alpha value is -2.15. The van der Waals surface area contributed by atoms with Crippen LogP contribution < -0.4 is 10.6 Å². The monoisotopic (exact) mass is 502 g/mol. The molecule has 6 atom stereocenters. The first-order chi connectivity index (χ1) is 17.7. The van der Waals surface area contributed by atoms with Gasteiger partial charge in [-0.1, -0.05) is 82.3 Å². The third-order valence-corrected chi connectivity index (χ3v) is 9.53. The molecule has 0 radical (unpaired) electrons. The number of hydrogen-bond donors (Lipinski definition) is 2. The van der Waals surface area contributed by atoms with Crippen LogP contribution in [0.2, 0.25) is 0 Å². The summed E-state index contributed by atoms with van der Waals surface area (Å²) in [4.78, 5) is 13.7. The number of carbonyl (C=O) groups excluding carboxylic acids is 1. The van der Waals surface area contributed by atoms with Gasteiger partial charge < -0.3 is 19.9 Å². The van der Waals surface area contributed by atoms with Crippen LogP contribution in [0.4, 0.5) is 0 Å². The summed E-state index contributed by atoms with van der Waals surface area (Å²) < 4.78 is 13.4. The molecule has 37 heavy (non-hydrogen) atoms. The zero-order valence-electron chi connectivity index (χ0n) is 23.1. The van der Waals surface area contributed by atoms with E-state index in [-0.39, 0.29) is 35.0 Å². The lowest BCUT2D eigenvalue weighted by Gasteiger charge is -2.64. The number of carbonyl (C=O) groups is 1. The molecule has 2 N–H and O–H groups in total. The lowest BCUT2D eigenvalue weighted by Crippen LogP contribution is -2.65. The number of likely N-dealkylation sites (N-methyl/N-ethyl adjacent to an activating group) is 1. The molecule has 1 aliphatic heterocycles. The maximum absolute atomic E-state index is 13.7. The van der Waals surface area contributed by atoms with Crippen molar-refractivity contribution in [2.75, 3.05) is 6.54 Å². The quantitative estimate of drug-likeness (QED) is 0.460. The predicted molar refractivity (Wildman–Crippen MR) is 149 cm³/mol. The summed E-state index contributed by atoms with van der Waals surface area (Å²) in [5.41, 5.74) is 3.61. The van der Waals surface area contributed by atoms with Crippen LogP contribution in [-0.4, -0.2) is 43.3 Å². The van der Waals surface area contributed by atoms with E-state index < -0.39 is 7.12 Å².